The molecule has 11 heteroatoms. The lowest BCUT2D eigenvalue weighted by molar-refractivity contribution is -0.147. The van der Waals surface area contributed by atoms with Gasteiger partial charge in [-0.2, -0.15) is 18.3 Å². The molecule has 4 aromatic rings. The Labute approximate surface area is 172 Å². The molecule has 0 unspecified atom stereocenters. The van der Waals surface area contributed by atoms with Crippen molar-refractivity contribution in [3.63, 3.8) is 0 Å². The molecule has 0 atom stereocenters. The molecular formula is C19H17F3N6OS. The van der Waals surface area contributed by atoms with Gasteiger partial charge in [0.05, 0.1) is 36.4 Å². The van der Waals surface area contributed by atoms with E-state index in [4.69, 9.17) is 4.74 Å². The standard InChI is InChI=1S/C19H17F3N6OS/c1-29-14-5-12-10(6-25-27-12)4-13(14)26-17-16-11-2-3-28(8-19(20,21)22)7-15(11)30-18(16)24-9-23-17/h4-6,9H,2-3,7-8H2,1H3,(H,25,27)(H,23,24,26). The second kappa shape index (κ2) is 7.10. The molecule has 156 valence electrons. The minimum absolute atomic E-state index is 0.264. The van der Waals surface area contributed by atoms with E-state index in [1.807, 2.05) is 12.1 Å². The number of ether oxygens (including phenoxy) is 1. The summed E-state index contributed by atoms with van der Waals surface area (Å²) in [5.41, 5.74) is 2.59. The van der Waals surface area contributed by atoms with Gasteiger partial charge in [0.1, 0.15) is 22.7 Å². The van der Waals surface area contributed by atoms with E-state index in [-0.39, 0.29) is 6.54 Å². The first-order valence-electron chi connectivity index (χ1n) is 9.24. The number of thiophene rings is 1. The maximum Gasteiger partial charge on any atom is 0.401 e. The van der Waals surface area contributed by atoms with Gasteiger partial charge in [-0.15, -0.1) is 11.3 Å². The van der Waals surface area contributed by atoms with Crippen LogP contribution in [0.3, 0.4) is 0 Å². The summed E-state index contributed by atoms with van der Waals surface area (Å²) in [5, 5.41) is 12.0. The van der Waals surface area contributed by atoms with E-state index < -0.39 is 12.7 Å². The van der Waals surface area contributed by atoms with E-state index in [0.29, 0.717) is 24.5 Å². The van der Waals surface area contributed by atoms with Gasteiger partial charge in [-0.05, 0) is 18.1 Å². The Morgan fingerprint density at radius 3 is 2.97 bits per heavy atom. The molecule has 30 heavy (non-hydrogen) atoms. The highest BCUT2D eigenvalue weighted by Crippen LogP contribution is 2.40. The van der Waals surface area contributed by atoms with E-state index in [9.17, 15) is 13.2 Å². The van der Waals surface area contributed by atoms with Crippen molar-refractivity contribution >= 4 is 44.0 Å². The minimum Gasteiger partial charge on any atom is -0.494 e. The number of methoxy groups -OCH3 is 1. The van der Waals surface area contributed by atoms with Crippen LogP contribution >= 0.6 is 11.3 Å². The molecule has 2 N–H and O–H groups in total. The molecular weight excluding hydrogens is 417 g/mol. The Morgan fingerprint density at radius 2 is 2.17 bits per heavy atom. The maximum absolute atomic E-state index is 12.8. The zero-order chi connectivity index (χ0) is 20.9. The normalized spacial score (nSPS) is 14.9. The lowest BCUT2D eigenvalue weighted by Crippen LogP contribution is -2.37. The third-order valence-electron chi connectivity index (χ3n) is 5.13. The zero-order valence-electron chi connectivity index (χ0n) is 15.9. The van der Waals surface area contributed by atoms with Crippen molar-refractivity contribution in [3.05, 3.63) is 35.1 Å². The summed E-state index contributed by atoms with van der Waals surface area (Å²) in [4.78, 5) is 11.9. The molecule has 1 aliphatic rings. The third-order valence-corrected chi connectivity index (χ3v) is 6.26. The summed E-state index contributed by atoms with van der Waals surface area (Å²) >= 11 is 1.42. The van der Waals surface area contributed by atoms with Crippen molar-refractivity contribution in [2.75, 3.05) is 25.5 Å². The molecule has 0 saturated carbocycles. The Bertz CT molecular complexity index is 1230. The largest absolute Gasteiger partial charge is 0.494 e. The molecule has 0 bridgehead atoms. The van der Waals surface area contributed by atoms with Crippen LogP contribution in [0.1, 0.15) is 10.4 Å². The van der Waals surface area contributed by atoms with Crippen LogP contribution in [0.5, 0.6) is 5.75 Å². The number of benzene rings is 1. The Balaban J connectivity index is 1.52. The van der Waals surface area contributed by atoms with Crippen LogP contribution in [0.4, 0.5) is 24.7 Å². The van der Waals surface area contributed by atoms with Crippen LogP contribution in [0.15, 0.2) is 24.7 Å². The summed E-state index contributed by atoms with van der Waals surface area (Å²) < 4.78 is 43.9. The number of nitrogens with one attached hydrogen (secondary N) is 2. The second-order valence-electron chi connectivity index (χ2n) is 7.12. The number of anilines is 2. The van der Waals surface area contributed by atoms with Crippen LogP contribution in [-0.2, 0) is 13.0 Å². The molecule has 0 spiro atoms. The van der Waals surface area contributed by atoms with E-state index >= 15 is 0 Å². The van der Waals surface area contributed by atoms with E-state index in [0.717, 1.165) is 37.2 Å². The van der Waals surface area contributed by atoms with Crippen LogP contribution < -0.4 is 10.1 Å². The predicted molar refractivity (Wildman–Crippen MR) is 108 cm³/mol. The number of aromatic nitrogens is 4. The van der Waals surface area contributed by atoms with Gasteiger partial charge in [-0.1, -0.05) is 0 Å². The quantitative estimate of drug-likeness (QED) is 0.500. The maximum atomic E-state index is 12.8. The Morgan fingerprint density at radius 1 is 1.30 bits per heavy atom. The van der Waals surface area contributed by atoms with Crippen molar-refractivity contribution in [3.8, 4) is 5.75 Å². The fourth-order valence-corrected chi connectivity index (χ4v) is 5.06. The SMILES string of the molecule is COc1cc2[nH]ncc2cc1Nc1ncnc2sc3c(c12)CCN(CC(F)(F)F)C3. The van der Waals surface area contributed by atoms with Gasteiger partial charge < -0.3 is 10.1 Å². The fourth-order valence-electron chi connectivity index (χ4n) is 3.83. The molecule has 5 rings (SSSR count). The molecule has 1 aromatic carbocycles. The lowest BCUT2D eigenvalue weighted by Gasteiger charge is -2.27. The van der Waals surface area contributed by atoms with Gasteiger partial charge in [0.2, 0.25) is 0 Å². The minimum atomic E-state index is -4.21. The highest BCUT2D eigenvalue weighted by molar-refractivity contribution is 7.19. The number of alkyl halides is 3. The van der Waals surface area contributed by atoms with E-state index in [1.165, 1.54) is 22.6 Å². The third kappa shape index (κ3) is 3.43. The summed E-state index contributed by atoms with van der Waals surface area (Å²) in [6, 6.07) is 3.76. The van der Waals surface area contributed by atoms with Crippen molar-refractivity contribution in [2.24, 2.45) is 0 Å². The van der Waals surface area contributed by atoms with Crippen LogP contribution in [0.25, 0.3) is 21.1 Å². The molecule has 0 fully saturated rings. The molecule has 1 aliphatic heterocycles. The Kier molecular flexibility index (Phi) is 4.51. The van der Waals surface area contributed by atoms with Crippen molar-refractivity contribution < 1.29 is 17.9 Å². The predicted octanol–water partition coefficient (Wildman–Crippen LogP) is 4.24. The average Bonchev–Trinajstić information content (AvgIpc) is 3.29. The summed E-state index contributed by atoms with van der Waals surface area (Å²) in [6.45, 7) is -0.296. The highest BCUT2D eigenvalue weighted by Gasteiger charge is 2.33. The number of hydrogen-bond acceptors (Lipinski definition) is 7. The first-order valence-corrected chi connectivity index (χ1v) is 10.1. The van der Waals surface area contributed by atoms with Crippen molar-refractivity contribution in [1.82, 2.24) is 25.1 Å². The second-order valence-corrected chi connectivity index (χ2v) is 8.20. The van der Waals surface area contributed by atoms with Gasteiger partial charge in [-0.25, -0.2) is 9.97 Å². The number of H-pyrrole nitrogens is 1. The number of aromatic amines is 1. The first kappa shape index (κ1) is 19.1. The lowest BCUT2D eigenvalue weighted by atomic mass is 10.0. The van der Waals surface area contributed by atoms with Gasteiger partial charge in [0.15, 0.2) is 0 Å². The zero-order valence-corrected chi connectivity index (χ0v) is 16.7. The molecule has 0 aliphatic carbocycles. The molecule has 0 amide bonds. The average molecular weight is 434 g/mol. The van der Waals surface area contributed by atoms with Gasteiger partial charge >= 0.3 is 6.18 Å². The number of nitrogens with zero attached hydrogens (tertiary/aromatic N) is 4. The van der Waals surface area contributed by atoms with Crippen LogP contribution in [0, 0.1) is 0 Å². The topological polar surface area (TPSA) is 79.0 Å². The van der Waals surface area contributed by atoms with Gasteiger partial charge in [-0.3, -0.25) is 10.00 Å². The number of hydrogen-bond donors (Lipinski definition) is 2. The van der Waals surface area contributed by atoms with Gasteiger partial charge in [0.25, 0.3) is 0 Å². The highest BCUT2D eigenvalue weighted by atomic mass is 32.1. The number of halogens is 3. The van der Waals surface area contributed by atoms with Crippen molar-refractivity contribution in [1.29, 1.82) is 0 Å². The Hall–Kier alpha value is -2.92. The van der Waals surface area contributed by atoms with Gasteiger partial charge in [0, 0.05) is 29.4 Å². The van der Waals surface area contributed by atoms with Crippen LogP contribution in [-0.4, -0.2) is 51.4 Å². The number of rotatable bonds is 4. The smallest absolute Gasteiger partial charge is 0.401 e. The van der Waals surface area contributed by atoms with Crippen molar-refractivity contribution in [2.45, 2.75) is 19.1 Å². The molecule has 0 radical (unpaired) electrons. The molecule has 3 aromatic heterocycles. The molecule has 0 saturated heterocycles. The molecule has 4 heterocycles. The summed E-state index contributed by atoms with van der Waals surface area (Å²) in [6.07, 6.45) is -0.505. The first-order chi connectivity index (χ1) is 14.4. The summed E-state index contributed by atoms with van der Waals surface area (Å²) in [7, 11) is 1.58. The number of fused-ring (bicyclic) bond motifs is 4. The summed E-state index contributed by atoms with van der Waals surface area (Å²) in [5.74, 6) is 1.24. The van der Waals surface area contributed by atoms with E-state index in [2.05, 4.69) is 25.5 Å². The van der Waals surface area contributed by atoms with E-state index in [1.54, 1.807) is 13.3 Å². The fraction of sp³-hybridized carbons (Fsp3) is 0.316. The monoisotopic (exact) mass is 434 g/mol. The van der Waals surface area contributed by atoms with Crippen LogP contribution in [0.2, 0.25) is 0 Å². The molecule has 7 nitrogen and oxygen atoms in total.